The van der Waals surface area contributed by atoms with Gasteiger partial charge in [-0.2, -0.15) is 0 Å². The highest BCUT2D eigenvalue weighted by atomic mass is 19.1. The predicted octanol–water partition coefficient (Wildman–Crippen LogP) is 2.69. The fourth-order valence-corrected chi connectivity index (χ4v) is 2.49. The van der Waals surface area contributed by atoms with Gasteiger partial charge in [0.05, 0.1) is 0 Å². The fourth-order valence-electron chi connectivity index (χ4n) is 2.49. The van der Waals surface area contributed by atoms with Gasteiger partial charge in [-0.05, 0) is 42.3 Å². The molecular formula is C20H21FN2O4. The molecule has 0 bridgehead atoms. The maximum Gasteiger partial charge on any atom is 0.323 e. The summed E-state index contributed by atoms with van der Waals surface area (Å²) >= 11 is 0. The average molecular weight is 372 g/mol. The minimum atomic E-state index is -1.16. The molecule has 0 aliphatic heterocycles. The van der Waals surface area contributed by atoms with Gasteiger partial charge in [0.2, 0.25) is 0 Å². The zero-order valence-corrected chi connectivity index (χ0v) is 14.9. The van der Waals surface area contributed by atoms with Crippen molar-refractivity contribution in [2.45, 2.75) is 19.9 Å². The van der Waals surface area contributed by atoms with Crippen molar-refractivity contribution in [1.29, 1.82) is 0 Å². The Bertz CT molecular complexity index is 821. The minimum absolute atomic E-state index is 0.0116. The van der Waals surface area contributed by atoms with Gasteiger partial charge in [0.15, 0.2) is 0 Å². The van der Waals surface area contributed by atoms with E-state index < -0.39 is 24.2 Å². The maximum absolute atomic E-state index is 13.1. The molecule has 7 heteroatoms. The Balaban J connectivity index is 2.22. The van der Waals surface area contributed by atoms with E-state index in [2.05, 4.69) is 5.32 Å². The van der Waals surface area contributed by atoms with Crippen molar-refractivity contribution >= 4 is 17.8 Å². The van der Waals surface area contributed by atoms with Crippen LogP contribution in [0.25, 0.3) is 0 Å². The van der Waals surface area contributed by atoms with Crippen LogP contribution in [0.4, 0.5) is 4.39 Å². The zero-order chi connectivity index (χ0) is 19.8. The van der Waals surface area contributed by atoms with Crippen molar-refractivity contribution in [1.82, 2.24) is 10.2 Å². The molecule has 142 valence electrons. The third-order valence-corrected chi connectivity index (χ3v) is 3.81. The summed E-state index contributed by atoms with van der Waals surface area (Å²) < 4.78 is 13.1. The van der Waals surface area contributed by atoms with Crippen LogP contribution in [0.1, 0.15) is 39.6 Å². The molecular weight excluding hydrogens is 351 g/mol. The summed E-state index contributed by atoms with van der Waals surface area (Å²) in [7, 11) is 0. The van der Waals surface area contributed by atoms with Gasteiger partial charge in [-0.25, -0.2) is 4.39 Å². The lowest BCUT2D eigenvalue weighted by Gasteiger charge is -2.21. The second-order valence-corrected chi connectivity index (χ2v) is 6.02. The first kappa shape index (κ1) is 20.1. The van der Waals surface area contributed by atoms with E-state index in [1.807, 2.05) is 6.92 Å². The van der Waals surface area contributed by atoms with E-state index in [9.17, 15) is 18.8 Å². The monoisotopic (exact) mass is 372 g/mol. The minimum Gasteiger partial charge on any atom is -0.480 e. The molecule has 2 N–H and O–H groups in total. The van der Waals surface area contributed by atoms with E-state index in [1.165, 1.54) is 36.4 Å². The maximum atomic E-state index is 13.1. The molecule has 0 unspecified atom stereocenters. The number of rotatable bonds is 8. The molecule has 0 aliphatic carbocycles. The number of amides is 2. The largest absolute Gasteiger partial charge is 0.480 e. The molecule has 0 aliphatic rings. The highest BCUT2D eigenvalue weighted by Gasteiger charge is 2.20. The Morgan fingerprint density at radius 3 is 2.37 bits per heavy atom. The third-order valence-electron chi connectivity index (χ3n) is 3.81. The van der Waals surface area contributed by atoms with E-state index in [0.717, 1.165) is 11.3 Å². The molecule has 2 aromatic carbocycles. The number of aliphatic carboxylic acids is 1. The van der Waals surface area contributed by atoms with Gasteiger partial charge in [-0.15, -0.1) is 0 Å². The molecule has 0 saturated carbocycles. The molecule has 2 rings (SSSR count). The number of hydrogen-bond acceptors (Lipinski definition) is 3. The quantitative estimate of drug-likeness (QED) is 0.746. The van der Waals surface area contributed by atoms with Crippen LogP contribution in [0.3, 0.4) is 0 Å². The van der Waals surface area contributed by atoms with Gasteiger partial charge in [-0.1, -0.05) is 25.1 Å². The summed E-state index contributed by atoms with van der Waals surface area (Å²) in [5.74, 6) is -2.40. The van der Waals surface area contributed by atoms with Crippen LogP contribution in [-0.4, -0.2) is 40.9 Å². The molecule has 0 heterocycles. The summed E-state index contributed by atoms with van der Waals surface area (Å²) in [6, 6.07) is 11.6. The number of nitrogens with one attached hydrogen (secondary N) is 1. The van der Waals surface area contributed by atoms with Gasteiger partial charge in [-0.3, -0.25) is 14.4 Å². The Hall–Kier alpha value is -3.22. The van der Waals surface area contributed by atoms with Crippen molar-refractivity contribution in [3.05, 3.63) is 71.0 Å². The smallest absolute Gasteiger partial charge is 0.323 e. The number of nitrogens with zero attached hydrogens (tertiary/aromatic N) is 1. The number of carbonyl (C=O) groups is 3. The highest BCUT2D eigenvalue weighted by Crippen LogP contribution is 2.13. The van der Waals surface area contributed by atoms with E-state index in [1.54, 1.807) is 12.1 Å². The first-order valence-corrected chi connectivity index (χ1v) is 8.54. The van der Waals surface area contributed by atoms with Crippen molar-refractivity contribution in [2.75, 3.05) is 13.1 Å². The predicted molar refractivity (Wildman–Crippen MR) is 97.8 cm³/mol. The van der Waals surface area contributed by atoms with E-state index in [0.29, 0.717) is 17.7 Å². The SMILES string of the molecule is CCCNC(=O)c1cccc(C(=O)N(CC(=O)O)Cc2ccc(F)cc2)c1. The molecule has 0 fully saturated rings. The van der Waals surface area contributed by atoms with Gasteiger partial charge in [0.1, 0.15) is 12.4 Å². The summed E-state index contributed by atoms with van der Waals surface area (Å²) in [4.78, 5) is 37.2. The second kappa shape index (κ2) is 9.47. The molecule has 27 heavy (non-hydrogen) atoms. The Labute approximate surface area is 156 Å². The molecule has 0 aromatic heterocycles. The molecule has 2 aromatic rings. The highest BCUT2D eigenvalue weighted by molar-refractivity contribution is 6.00. The van der Waals surface area contributed by atoms with Crippen molar-refractivity contribution in [3.63, 3.8) is 0 Å². The number of halogens is 1. The molecule has 0 spiro atoms. The van der Waals surface area contributed by atoms with Crippen molar-refractivity contribution in [3.8, 4) is 0 Å². The van der Waals surface area contributed by atoms with Crippen LogP contribution < -0.4 is 5.32 Å². The van der Waals surface area contributed by atoms with Crippen LogP contribution >= 0.6 is 0 Å². The zero-order valence-electron chi connectivity index (χ0n) is 14.9. The Morgan fingerprint density at radius 1 is 1.07 bits per heavy atom. The topological polar surface area (TPSA) is 86.7 Å². The van der Waals surface area contributed by atoms with Crippen LogP contribution in [0.15, 0.2) is 48.5 Å². The summed E-state index contributed by atoms with van der Waals surface area (Å²) in [6.07, 6.45) is 0.786. The summed E-state index contributed by atoms with van der Waals surface area (Å²) in [5.41, 5.74) is 1.14. The van der Waals surface area contributed by atoms with E-state index in [4.69, 9.17) is 5.11 Å². The van der Waals surface area contributed by atoms with Crippen molar-refractivity contribution < 1.29 is 23.9 Å². The van der Waals surface area contributed by atoms with Crippen LogP contribution in [-0.2, 0) is 11.3 Å². The lowest BCUT2D eigenvalue weighted by molar-refractivity contribution is -0.137. The average Bonchev–Trinajstić information content (AvgIpc) is 2.66. The van der Waals surface area contributed by atoms with E-state index >= 15 is 0 Å². The first-order valence-electron chi connectivity index (χ1n) is 8.54. The number of carboxylic acid groups (broad SMARTS) is 1. The number of benzene rings is 2. The Morgan fingerprint density at radius 2 is 1.74 bits per heavy atom. The second-order valence-electron chi connectivity index (χ2n) is 6.02. The summed E-state index contributed by atoms with van der Waals surface area (Å²) in [5, 5.41) is 11.9. The summed E-state index contributed by atoms with van der Waals surface area (Å²) in [6.45, 7) is 1.95. The van der Waals surface area contributed by atoms with Crippen molar-refractivity contribution in [2.24, 2.45) is 0 Å². The van der Waals surface area contributed by atoms with Crippen LogP contribution in [0.5, 0.6) is 0 Å². The fraction of sp³-hybridized carbons (Fsp3) is 0.250. The number of carbonyl (C=O) groups excluding carboxylic acids is 2. The van der Waals surface area contributed by atoms with Gasteiger partial charge < -0.3 is 15.3 Å². The standard InChI is InChI=1S/C20H21FN2O4/c1-2-10-22-19(26)15-4-3-5-16(11-15)20(27)23(13-18(24)25)12-14-6-8-17(21)9-7-14/h3-9,11H,2,10,12-13H2,1H3,(H,22,26)(H,24,25). The van der Waals surface area contributed by atoms with Gasteiger partial charge in [0.25, 0.3) is 11.8 Å². The normalized spacial score (nSPS) is 10.3. The lowest BCUT2D eigenvalue weighted by Crippen LogP contribution is -2.35. The van der Waals surface area contributed by atoms with E-state index in [-0.39, 0.29) is 18.0 Å². The lowest BCUT2D eigenvalue weighted by atomic mass is 10.1. The molecule has 2 amide bonds. The molecule has 0 radical (unpaired) electrons. The van der Waals surface area contributed by atoms with Crippen LogP contribution in [0, 0.1) is 5.82 Å². The van der Waals surface area contributed by atoms with Gasteiger partial charge >= 0.3 is 5.97 Å². The third kappa shape index (κ3) is 5.91. The van der Waals surface area contributed by atoms with Crippen LogP contribution in [0.2, 0.25) is 0 Å². The Kier molecular flexibility index (Phi) is 7.05. The van der Waals surface area contributed by atoms with Gasteiger partial charge in [0, 0.05) is 24.2 Å². The first-order chi connectivity index (χ1) is 12.9. The number of carboxylic acids is 1. The molecule has 6 nitrogen and oxygen atoms in total. The molecule has 0 saturated heterocycles. The molecule has 0 atom stereocenters. The number of hydrogen-bond donors (Lipinski definition) is 2.